The van der Waals surface area contributed by atoms with Gasteiger partial charge in [0.1, 0.15) is 17.2 Å². The van der Waals surface area contributed by atoms with Crippen LogP contribution in [0.3, 0.4) is 0 Å². The molecule has 3 aliphatic rings. The normalized spacial score (nSPS) is 22.8. The zero-order valence-electron chi connectivity index (χ0n) is 21.0. The van der Waals surface area contributed by atoms with E-state index in [2.05, 4.69) is 15.9 Å². The largest absolute Gasteiger partial charge is 0.497 e. The molecule has 0 spiro atoms. The number of rotatable bonds is 6. The predicted octanol–water partition coefficient (Wildman–Crippen LogP) is 5.80. The van der Waals surface area contributed by atoms with Crippen molar-refractivity contribution in [3.8, 4) is 11.5 Å². The number of allylic oxidation sites excluding steroid dienone is 3. The lowest BCUT2D eigenvalue weighted by Gasteiger charge is -2.22. The summed E-state index contributed by atoms with van der Waals surface area (Å²) in [5.74, 6) is -1.25. The summed E-state index contributed by atoms with van der Waals surface area (Å²) in [6.07, 6.45) is 4.00. The number of hydrogen-bond acceptors (Lipinski definition) is 6. The summed E-state index contributed by atoms with van der Waals surface area (Å²) in [5.41, 5.74) is 3.55. The van der Waals surface area contributed by atoms with Crippen molar-refractivity contribution in [2.45, 2.75) is 0 Å². The molecule has 4 atom stereocenters. The van der Waals surface area contributed by atoms with Gasteiger partial charge in [0.15, 0.2) is 0 Å². The Morgan fingerprint density at radius 3 is 1.74 bits per heavy atom. The SMILES string of the molecule is COc1ccc(C(=C2[C@H]3C=C[C@H]2[C@H]2C(=O)N(c4ccc(Br)cc4[N+](=O)[O-])C(=O)[C@@H]23)c2ccc(OC)cc2)cc1. The van der Waals surface area contributed by atoms with Crippen LogP contribution in [-0.2, 0) is 9.59 Å². The molecular weight excluding hydrogens is 564 g/mol. The first-order chi connectivity index (χ1) is 18.8. The van der Waals surface area contributed by atoms with Gasteiger partial charge in [-0.25, -0.2) is 4.90 Å². The van der Waals surface area contributed by atoms with Crippen molar-refractivity contribution in [3.63, 3.8) is 0 Å². The van der Waals surface area contributed by atoms with E-state index in [4.69, 9.17) is 9.47 Å². The van der Waals surface area contributed by atoms with Gasteiger partial charge in [-0.05, 0) is 58.7 Å². The van der Waals surface area contributed by atoms with Crippen molar-refractivity contribution in [3.05, 3.63) is 110 Å². The Labute approximate surface area is 232 Å². The first kappa shape index (κ1) is 25.1. The number of nitro groups is 1. The third-order valence-electron chi connectivity index (χ3n) is 7.84. The molecule has 196 valence electrons. The molecule has 0 N–H and O–H groups in total. The highest BCUT2D eigenvalue weighted by atomic mass is 79.9. The third kappa shape index (κ3) is 3.87. The molecule has 0 unspecified atom stereocenters. The molecule has 0 aromatic heterocycles. The molecule has 3 aromatic rings. The molecule has 8 nitrogen and oxygen atoms in total. The summed E-state index contributed by atoms with van der Waals surface area (Å²) in [6, 6.07) is 19.8. The number of methoxy groups -OCH3 is 2. The average Bonchev–Trinajstić information content (AvgIpc) is 3.58. The number of fused-ring (bicyclic) bond motifs is 5. The van der Waals surface area contributed by atoms with Crippen LogP contribution >= 0.6 is 15.9 Å². The number of halogens is 1. The van der Waals surface area contributed by atoms with E-state index in [9.17, 15) is 19.7 Å². The van der Waals surface area contributed by atoms with Crippen LogP contribution < -0.4 is 14.4 Å². The van der Waals surface area contributed by atoms with Crippen LogP contribution in [0.4, 0.5) is 11.4 Å². The minimum atomic E-state index is -0.628. The van der Waals surface area contributed by atoms with Gasteiger partial charge >= 0.3 is 0 Å². The molecule has 1 aliphatic heterocycles. The van der Waals surface area contributed by atoms with E-state index >= 15 is 0 Å². The molecule has 2 aliphatic carbocycles. The van der Waals surface area contributed by atoms with E-state index in [0.717, 1.165) is 38.7 Å². The minimum absolute atomic E-state index is 0.00284. The highest BCUT2D eigenvalue weighted by Gasteiger charge is 2.63. The molecule has 1 saturated heterocycles. The summed E-state index contributed by atoms with van der Waals surface area (Å²) in [6.45, 7) is 0. The number of nitrogens with zero attached hydrogens (tertiary/aromatic N) is 2. The van der Waals surface area contributed by atoms with Crippen molar-refractivity contribution in [1.82, 2.24) is 0 Å². The van der Waals surface area contributed by atoms with Crippen molar-refractivity contribution >= 4 is 44.7 Å². The lowest BCUT2D eigenvalue weighted by molar-refractivity contribution is -0.384. The van der Waals surface area contributed by atoms with Gasteiger partial charge in [0, 0.05) is 22.4 Å². The second-order valence-corrected chi connectivity index (χ2v) is 10.6. The van der Waals surface area contributed by atoms with E-state index in [1.807, 2.05) is 60.7 Å². The monoisotopic (exact) mass is 586 g/mol. The number of anilines is 1. The Balaban J connectivity index is 1.47. The molecule has 1 saturated carbocycles. The quantitative estimate of drug-likeness (QED) is 0.157. The number of imide groups is 1. The van der Waals surface area contributed by atoms with Crippen LogP contribution in [0.25, 0.3) is 5.57 Å². The summed E-state index contributed by atoms with van der Waals surface area (Å²) < 4.78 is 11.2. The second kappa shape index (κ2) is 9.50. The molecule has 9 heteroatoms. The molecule has 2 fully saturated rings. The highest BCUT2D eigenvalue weighted by Crippen LogP contribution is 2.59. The van der Waals surface area contributed by atoms with Gasteiger partial charge in [-0.2, -0.15) is 0 Å². The van der Waals surface area contributed by atoms with Gasteiger partial charge in [-0.3, -0.25) is 19.7 Å². The topological polar surface area (TPSA) is 99.0 Å². The van der Waals surface area contributed by atoms with Crippen LogP contribution in [0.1, 0.15) is 11.1 Å². The molecule has 0 radical (unpaired) electrons. The minimum Gasteiger partial charge on any atom is -0.497 e. The summed E-state index contributed by atoms with van der Waals surface area (Å²) in [7, 11) is 3.22. The molecular formula is C30H23BrN2O6. The van der Waals surface area contributed by atoms with Crippen LogP contribution in [0.15, 0.2) is 88.9 Å². The zero-order chi connectivity index (χ0) is 27.4. The summed E-state index contributed by atoms with van der Waals surface area (Å²) in [5, 5.41) is 11.8. The van der Waals surface area contributed by atoms with E-state index in [0.29, 0.717) is 4.47 Å². The maximum absolute atomic E-state index is 13.8. The maximum atomic E-state index is 13.8. The number of carbonyl (C=O) groups excluding carboxylic acids is 2. The molecule has 6 rings (SSSR count). The van der Waals surface area contributed by atoms with Crippen molar-refractivity contribution in [2.75, 3.05) is 19.1 Å². The average molecular weight is 587 g/mol. The summed E-state index contributed by atoms with van der Waals surface area (Å²) >= 11 is 3.24. The zero-order valence-corrected chi connectivity index (χ0v) is 22.6. The predicted molar refractivity (Wildman–Crippen MR) is 148 cm³/mol. The fourth-order valence-electron chi connectivity index (χ4n) is 6.18. The van der Waals surface area contributed by atoms with E-state index < -0.39 is 28.6 Å². The smallest absolute Gasteiger partial charge is 0.294 e. The van der Waals surface area contributed by atoms with Crippen LogP contribution in [0.2, 0.25) is 0 Å². The second-order valence-electron chi connectivity index (χ2n) is 9.68. The number of ether oxygens (including phenoxy) is 2. The van der Waals surface area contributed by atoms with E-state index in [-0.39, 0.29) is 23.2 Å². The van der Waals surface area contributed by atoms with Crippen LogP contribution in [-0.4, -0.2) is 31.0 Å². The van der Waals surface area contributed by atoms with E-state index in [1.165, 1.54) is 12.1 Å². The van der Waals surface area contributed by atoms with E-state index in [1.54, 1.807) is 20.3 Å². The third-order valence-corrected chi connectivity index (χ3v) is 8.33. The number of amides is 2. The Bertz CT molecular complexity index is 1490. The number of hydrogen-bond donors (Lipinski definition) is 0. The van der Waals surface area contributed by atoms with Crippen molar-refractivity contribution in [1.29, 1.82) is 0 Å². The van der Waals surface area contributed by atoms with Crippen LogP contribution in [0, 0.1) is 33.8 Å². The van der Waals surface area contributed by atoms with Gasteiger partial charge in [0.05, 0.1) is 31.0 Å². The molecule has 39 heavy (non-hydrogen) atoms. The number of carbonyl (C=O) groups is 2. The fraction of sp³-hybridized carbons (Fsp3) is 0.200. The van der Waals surface area contributed by atoms with Crippen molar-refractivity contribution in [2.24, 2.45) is 23.7 Å². The standard InChI is InChI=1S/C30H23BrN2O6/c1-38-19-8-3-16(4-9-19)25(17-5-10-20(39-2)11-6-17)26-21-12-13-22(26)28-27(21)29(34)32(30(28)35)23-14-7-18(31)15-24(23)33(36)37/h3-15,21-22,27-28H,1-2H3/t21-,22-,27-,28-/m1/s1. The van der Waals surface area contributed by atoms with Gasteiger partial charge in [-0.15, -0.1) is 0 Å². The Morgan fingerprint density at radius 1 is 0.821 bits per heavy atom. The summed E-state index contributed by atoms with van der Waals surface area (Å²) in [4.78, 5) is 39.9. The van der Waals surface area contributed by atoms with Gasteiger partial charge in [-0.1, -0.05) is 52.3 Å². The van der Waals surface area contributed by atoms with Crippen LogP contribution in [0.5, 0.6) is 11.5 Å². The Hall–Kier alpha value is -4.24. The number of nitro benzene ring substituents is 1. The lowest BCUT2D eigenvalue weighted by atomic mass is 9.85. The Kier molecular flexibility index (Phi) is 6.10. The highest BCUT2D eigenvalue weighted by molar-refractivity contribution is 9.10. The first-order valence-electron chi connectivity index (χ1n) is 12.4. The van der Waals surface area contributed by atoms with Gasteiger partial charge in [0.2, 0.25) is 11.8 Å². The molecule has 2 bridgehead atoms. The maximum Gasteiger partial charge on any atom is 0.294 e. The fourth-order valence-corrected chi connectivity index (χ4v) is 6.53. The lowest BCUT2D eigenvalue weighted by Crippen LogP contribution is -2.33. The Morgan fingerprint density at radius 2 is 1.31 bits per heavy atom. The molecule has 3 aromatic carbocycles. The van der Waals surface area contributed by atoms with Crippen molar-refractivity contribution < 1.29 is 24.0 Å². The molecule has 2 amide bonds. The first-order valence-corrected chi connectivity index (χ1v) is 13.2. The molecule has 1 heterocycles. The van der Waals surface area contributed by atoms with Gasteiger partial charge < -0.3 is 9.47 Å². The van der Waals surface area contributed by atoms with Gasteiger partial charge in [0.25, 0.3) is 5.69 Å². The number of benzene rings is 3.